The number of nitrogens with zero attached hydrogens (tertiary/aromatic N) is 1. The zero-order chi connectivity index (χ0) is 15.3. The van der Waals surface area contributed by atoms with E-state index in [-0.39, 0.29) is 4.90 Å². The minimum absolute atomic E-state index is 0.261. The van der Waals surface area contributed by atoms with Gasteiger partial charge in [-0.05, 0) is 50.2 Å². The number of anilines is 1. The van der Waals surface area contributed by atoms with Crippen LogP contribution >= 0.6 is 0 Å². The standard InChI is InChI=1S/C16H19NO3S/c1-3-17(14-8-6-5-7-9-14)21(18,19)16-12-10-15(11-13-16)20-4-2/h5-13H,3-4H2,1-2H3. The van der Waals surface area contributed by atoms with Gasteiger partial charge in [0.25, 0.3) is 10.0 Å². The number of rotatable bonds is 6. The number of hydrogen-bond acceptors (Lipinski definition) is 3. The molecule has 2 aromatic carbocycles. The molecule has 0 saturated carbocycles. The monoisotopic (exact) mass is 305 g/mol. The molecule has 0 aromatic heterocycles. The number of hydrogen-bond donors (Lipinski definition) is 0. The third-order valence-electron chi connectivity index (χ3n) is 3.05. The summed E-state index contributed by atoms with van der Waals surface area (Å²) in [6, 6.07) is 15.6. The van der Waals surface area contributed by atoms with Crippen molar-refractivity contribution in [1.82, 2.24) is 0 Å². The number of para-hydroxylation sites is 1. The van der Waals surface area contributed by atoms with E-state index in [1.807, 2.05) is 32.0 Å². The Morgan fingerprint density at radius 1 is 0.952 bits per heavy atom. The quantitative estimate of drug-likeness (QED) is 0.822. The van der Waals surface area contributed by atoms with Gasteiger partial charge in [-0.1, -0.05) is 18.2 Å². The molecule has 0 bridgehead atoms. The Labute approximate surface area is 126 Å². The second kappa shape index (κ2) is 6.63. The van der Waals surface area contributed by atoms with Gasteiger partial charge in [-0.15, -0.1) is 0 Å². The maximum atomic E-state index is 12.7. The predicted molar refractivity (Wildman–Crippen MR) is 84.3 cm³/mol. The zero-order valence-corrected chi connectivity index (χ0v) is 13.0. The van der Waals surface area contributed by atoms with Gasteiger partial charge in [-0.3, -0.25) is 4.31 Å². The topological polar surface area (TPSA) is 46.6 Å². The van der Waals surface area contributed by atoms with E-state index < -0.39 is 10.0 Å². The zero-order valence-electron chi connectivity index (χ0n) is 12.2. The molecule has 112 valence electrons. The van der Waals surface area contributed by atoms with E-state index in [0.29, 0.717) is 24.6 Å². The average molecular weight is 305 g/mol. The summed E-state index contributed by atoms with van der Waals surface area (Å²) >= 11 is 0. The van der Waals surface area contributed by atoms with Gasteiger partial charge in [-0.2, -0.15) is 0 Å². The van der Waals surface area contributed by atoms with Crippen molar-refractivity contribution < 1.29 is 13.2 Å². The van der Waals surface area contributed by atoms with Crippen LogP contribution in [0, 0.1) is 0 Å². The van der Waals surface area contributed by atoms with E-state index in [9.17, 15) is 8.42 Å². The largest absolute Gasteiger partial charge is 0.494 e. The highest BCUT2D eigenvalue weighted by molar-refractivity contribution is 7.92. The summed E-state index contributed by atoms with van der Waals surface area (Å²) in [4.78, 5) is 0.261. The second-order valence-electron chi connectivity index (χ2n) is 4.41. The van der Waals surface area contributed by atoms with Crippen molar-refractivity contribution in [2.24, 2.45) is 0 Å². The molecule has 0 N–H and O–H groups in total. The molecule has 0 spiro atoms. The summed E-state index contributed by atoms with van der Waals surface area (Å²) in [6.07, 6.45) is 0. The first-order chi connectivity index (χ1) is 10.1. The van der Waals surface area contributed by atoms with Gasteiger partial charge in [0, 0.05) is 6.54 Å². The van der Waals surface area contributed by atoms with Crippen LogP contribution in [0.25, 0.3) is 0 Å². The van der Waals surface area contributed by atoms with Gasteiger partial charge >= 0.3 is 0 Å². The lowest BCUT2D eigenvalue weighted by Crippen LogP contribution is -2.30. The predicted octanol–water partition coefficient (Wildman–Crippen LogP) is 3.30. The van der Waals surface area contributed by atoms with Gasteiger partial charge in [0.2, 0.25) is 0 Å². The number of benzene rings is 2. The summed E-state index contributed by atoms with van der Waals surface area (Å²) < 4.78 is 32.2. The fourth-order valence-corrected chi connectivity index (χ4v) is 3.56. The first kappa shape index (κ1) is 15.4. The first-order valence-electron chi connectivity index (χ1n) is 6.90. The maximum Gasteiger partial charge on any atom is 0.264 e. The van der Waals surface area contributed by atoms with Gasteiger partial charge in [0.05, 0.1) is 17.2 Å². The highest BCUT2D eigenvalue weighted by Gasteiger charge is 2.23. The molecule has 21 heavy (non-hydrogen) atoms. The smallest absolute Gasteiger partial charge is 0.264 e. The molecular formula is C16H19NO3S. The van der Waals surface area contributed by atoms with E-state index in [2.05, 4.69) is 0 Å². The van der Waals surface area contributed by atoms with Crippen LogP contribution in [0.5, 0.6) is 5.75 Å². The lowest BCUT2D eigenvalue weighted by molar-refractivity contribution is 0.340. The molecule has 0 aliphatic rings. The van der Waals surface area contributed by atoms with E-state index in [1.54, 1.807) is 36.4 Å². The Morgan fingerprint density at radius 2 is 1.57 bits per heavy atom. The van der Waals surface area contributed by atoms with Crippen molar-refractivity contribution in [3.05, 3.63) is 54.6 Å². The molecule has 0 atom stereocenters. The molecular weight excluding hydrogens is 286 g/mol. The minimum Gasteiger partial charge on any atom is -0.494 e. The van der Waals surface area contributed by atoms with Crippen molar-refractivity contribution in [2.45, 2.75) is 18.7 Å². The van der Waals surface area contributed by atoms with Crippen LogP contribution in [0.1, 0.15) is 13.8 Å². The molecule has 0 amide bonds. The maximum absolute atomic E-state index is 12.7. The van der Waals surface area contributed by atoms with Crippen molar-refractivity contribution in [1.29, 1.82) is 0 Å². The molecule has 0 heterocycles. The summed E-state index contributed by atoms with van der Waals surface area (Å²) in [5.41, 5.74) is 0.661. The average Bonchev–Trinajstić information content (AvgIpc) is 2.50. The third-order valence-corrected chi connectivity index (χ3v) is 4.97. The Hall–Kier alpha value is -2.01. The van der Waals surface area contributed by atoms with Crippen LogP contribution in [0.2, 0.25) is 0 Å². The van der Waals surface area contributed by atoms with Crippen LogP contribution in [0.15, 0.2) is 59.5 Å². The Morgan fingerprint density at radius 3 is 2.10 bits per heavy atom. The van der Waals surface area contributed by atoms with Crippen LogP contribution < -0.4 is 9.04 Å². The van der Waals surface area contributed by atoms with Gasteiger partial charge in [-0.25, -0.2) is 8.42 Å². The lowest BCUT2D eigenvalue weighted by atomic mass is 10.3. The molecule has 0 unspecified atom stereocenters. The van der Waals surface area contributed by atoms with E-state index in [1.165, 1.54) is 4.31 Å². The van der Waals surface area contributed by atoms with Gasteiger partial charge in [0.15, 0.2) is 0 Å². The SMILES string of the molecule is CCOc1ccc(S(=O)(=O)N(CC)c2ccccc2)cc1. The highest BCUT2D eigenvalue weighted by atomic mass is 32.2. The van der Waals surface area contributed by atoms with Crippen LogP contribution in [0.4, 0.5) is 5.69 Å². The van der Waals surface area contributed by atoms with Crippen molar-refractivity contribution in [2.75, 3.05) is 17.5 Å². The van der Waals surface area contributed by atoms with Crippen LogP contribution in [-0.2, 0) is 10.0 Å². The summed E-state index contributed by atoms with van der Waals surface area (Å²) in [5.74, 6) is 0.666. The van der Waals surface area contributed by atoms with E-state index >= 15 is 0 Å². The molecule has 2 aromatic rings. The van der Waals surface area contributed by atoms with Gasteiger partial charge < -0.3 is 4.74 Å². The lowest BCUT2D eigenvalue weighted by Gasteiger charge is -2.23. The molecule has 0 saturated heterocycles. The first-order valence-corrected chi connectivity index (χ1v) is 8.34. The third kappa shape index (κ3) is 3.36. The fraction of sp³-hybridized carbons (Fsp3) is 0.250. The Balaban J connectivity index is 2.35. The minimum atomic E-state index is -3.56. The van der Waals surface area contributed by atoms with Crippen LogP contribution in [0.3, 0.4) is 0 Å². The van der Waals surface area contributed by atoms with E-state index in [4.69, 9.17) is 4.74 Å². The molecule has 5 heteroatoms. The summed E-state index contributed by atoms with van der Waals surface area (Å²) in [5, 5.41) is 0. The Kier molecular flexibility index (Phi) is 4.85. The van der Waals surface area contributed by atoms with Crippen molar-refractivity contribution in [3.8, 4) is 5.75 Å². The summed E-state index contributed by atoms with van der Waals surface area (Å²) in [7, 11) is -3.56. The number of sulfonamides is 1. The second-order valence-corrected chi connectivity index (χ2v) is 6.27. The van der Waals surface area contributed by atoms with Crippen molar-refractivity contribution in [3.63, 3.8) is 0 Å². The molecule has 4 nitrogen and oxygen atoms in total. The fourth-order valence-electron chi connectivity index (χ4n) is 2.09. The molecule has 0 aliphatic heterocycles. The molecule has 0 aliphatic carbocycles. The van der Waals surface area contributed by atoms with Crippen molar-refractivity contribution >= 4 is 15.7 Å². The van der Waals surface area contributed by atoms with Gasteiger partial charge in [0.1, 0.15) is 5.75 Å². The normalized spacial score (nSPS) is 11.1. The van der Waals surface area contributed by atoms with E-state index in [0.717, 1.165) is 0 Å². The molecule has 0 fully saturated rings. The van der Waals surface area contributed by atoms with Crippen LogP contribution in [-0.4, -0.2) is 21.6 Å². The molecule has 2 rings (SSSR count). The summed E-state index contributed by atoms with van der Waals surface area (Å²) in [6.45, 7) is 4.63. The highest BCUT2D eigenvalue weighted by Crippen LogP contribution is 2.24. The Bertz CT molecular complexity index is 666. The number of ether oxygens (including phenoxy) is 1. The molecule has 0 radical (unpaired) electrons.